The summed E-state index contributed by atoms with van der Waals surface area (Å²) >= 11 is 0. The monoisotopic (exact) mass is 404 g/mol. The molecule has 0 bridgehead atoms. The number of aromatic amines is 1. The number of carbonyl (C=O) groups excluding carboxylic acids is 2. The highest BCUT2D eigenvalue weighted by molar-refractivity contribution is 5.98. The summed E-state index contributed by atoms with van der Waals surface area (Å²) in [5.74, 6) is 0.00153. The lowest BCUT2D eigenvalue weighted by Gasteiger charge is -2.34. The molecule has 1 aliphatic rings. The van der Waals surface area contributed by atoms with Gasteiger partial charge in [-0.2, -0.15) is 0 Å². The van der Waals surface area contributed by atoms with Gasteiger partial charge in [0.1, 0.15) is 5.69 Å². The number of piperazine rings is 1. The van der Waals surface area contributed by atoms with Gasteiger partial charge < -0.3 is 15.2 Å². The number of benzene rings is 2. The fourth-order valence-electron chi connectivity index (χ4n) is 4.04. The van der Waals surface area contributed by atoms with Crippen LogP contribution in [-0.4, -0.2) is 59.3 Å². The maximum Gasteiger partial charge on any atom is 0.270 e. The van der Waals surface area contributed by atoms with Gasteiger partial charge in [-0.05, 0) is 50.1 Å². The number of aryl methyl sites for hydroxylation is 3. The van der Waals surface area contributed by atoms with Crippen molar-refractivity contribution in [2.24, 2.45) is 0 Å². The first-order valence-electron chi connectivity index (χ1n) is 10.4. The molecule has 0 atom stereocenters. The zero-order valence-corrected chi connectivity index (χ0v) is 17.8. The van der Waals surface area contributed by atoms with Gasteiger partial charge in [-0.1, -0.05) is 29.8 Å². The smallest absolute Gasteiger partial charge is 0.270 e. The topological polar surface area (TPSA) is 68.4 Å². The van der Waals surface area contributed by atoms with Gasteiger partial charge in [0.2, 0.25) is 5.91 Å². The van der Waals surface area contributed by atoms with Crippen LogP contribution in [0.4, 0.5) is 5.69 Å². The lowest BCUT2D eigenvalue weighted by molar-refractivity contribution is -0.117. The van der Waals surface area contributed by atoms with Crippen LogP contribution in [0.25, 0.3) is 10.9 Å². The third-order valence-electron chi connectivity index (χ3n) is 5.78. The third kappa shape index (κ3) is 4.24. The molecule has 6 nitrogen and oxygen atoms in total. The summed E-state index contributed by atoms with van der Waals surface area (Å²) in [6.45, 7) is 8.98. The number of anilines is 1. The van der Waals surface area contributed by atoms with Crippen LogP contribution in [0.1, 0.15) is 27.2 Å². The SMILES string of the molecule is Cc1ccc2[nH]c(C(=O)N3CCN(CC(=O)Nc4c(C)cccc4C)CC3)cc2c1. The first-order valence-corrected chi connectivity index (χ1v) is 10.4. The number of aromatic nitrogens is 1. The molecule has 4 rings (SSSR count). The van der Waals surface area contributed by atoms with Crippen molar-refractivity contribution in [3.8, 4) is 0 Å². The van der Waals surface area contributed by atoms with Gasteiger partial charge in [-0.3, -0.25) is 14.5 Å². The van der Waals surface area contributed by atoms with E-state index in [-0.39, 0.29) is 11.8 Å². The van der Waals surface area contributed by atoms with Crippen LogP contribution < -0.4 is 5.32 Å². The molecule has 0 saturated carbocycles. The van der Waals surface area contributed by atoms with Gasteiger partial charge in [0.05, 0.1) is 6.54 Å². The number of rotatable bonds is 4. The van der Waals surface area contributed by atoms with Gasteiger partial charge >= 0.3 is 0 Å². The molecule has 2 N–H and O–H groups in total. The van der Waals surface area contributed by atoms with E-state index >= 15 is 0 Å². The molecule has 6 heteroatoms. The Morgan fingerprint density at radius 2 is 1.67 bits per heavy atom. The number of H-pyrrole nitrogens is 1. The molecule has 1 saturated heterocycles. The number of carbonyl (C=O) groups is 2. The molecule has 2 heterocycles. The van der Waals surface area contributed by atoms with E-state index < -0.39 is 0 Å². The molecule has 2 aromatic carbocycles. The van der Waals surface area contributed by atoms with Crippen molar-refractivity contribution in [1.29, 1.82) is 0 Å². The Hall–Kier alpha value is -3.12. The van der Waals surface area contributed by atoms with Crippen molar-refractivity contribution in [3.05, 3.63) is 64.8 Å². The lowest BCUT2D eigenvalue weighted by atomic mass is 10.1. The second-order valence-electron chi connectivity index (χ2n) is 8.16. The quantitative estimate of drug-likeness (QED) is 0.699. The number of hydrogen-bond donors (Lipinski definition) is 2. The molecule has 1 aromatic heterocycles. The molecule has 0 radical (unpaired) electrons. The zero-order chi connectivity index (χ0) is 21.3. The molecule has 0 spiro atoms. The highest BCUT2D eigenvalue weighted by Gasteiger charge is 2.24. The maximum absolute atomic E-state index is 12.9. The highest BCUT2D eigenvalue weighted by atomic mass is 16.2. The zero-order valence-electron chi connectivity index (χ0n) is 17.8. The highest BCUT2D eigenvalue weighted by Crippen LogP contribution is 2.20. The van der Waals surface area contributed by atoms with Crippen LogP contribution >= 0.6 is 0 Å². The van der Waals surface area contributed by atoms with Gasteiger partial charge in [0, 0.05) is 42.8 Å². The fourth-order valence-corrected chi connectivity index (χ4v) is 4.04. The average Bonchev–Trinajstić information content (AvgIpc) is 3.14. The summed E-state index contributed by atoms with van der Waals surface area (Å²) in [6, 6.07) is 14.0. The van der Waals surface area contributed by atoms with Gasteiger partial charge in [-0.25, -0.2) is 0 Å². The number of fused-ring (bicyclic) bond motifs is 1. The van der Waals surface area contributed by atoms with Crippen LogP contribution in [-0.2, 0) is 4.79 Å². The molecule has 0 aliphatic carbocycles. The first kappa shape index (κ1) is 20.2. The number of hydrogen-bond acceptors (Lipinski definition) is 3. The Morgan fingerprint density at radius 1 is 0.967 bits per heavy atom. The summed E-state index contributed by atoms with van der Waals surface area (Å²) in [4.78, 5) is 32.6. The number of nitrogens with one attached hydrogen (secondary N) is 2. The van der Waals surface area contributed by atoms with Gasteiger partial charge in [0.25, 0.3) is 5.91 Å². The van der Waals surface area contributed by atoms with E-state index in [0.717, 1.165) is 27.7 Å². The summed E-state index contributed by atoms with van der Waals surface area (Å²) in [7, 11) is 0. The second kappa shape index (κ2) is 8.32. The van der Waals surface area contributed by atoms with Crippen LogP contribution in [0.2, 0.25) is 0 Å². The Morgan fingerprint density at radius 3 is 2.37 bits per heavy atom. The van der Waals surface area contributed by atoms with Gasteiger partial charge in [-0.15, -0.1) is 0 Å². The molecule has 30 heavy (non-hydrogen) atoms. The predicted octanol–water partition coefficient (Wildman–Crippen LogP) is 3.49. The van der Waals surface area contributed by atoms with E-state index in [1.165, 1.54) is 5.56 Å². The van der Waals surface area contributed by atoms with Crippen LogP contribution in [0.15, 0.2) is 42.5 Å². The molecule has 156 valence electrons. The third-order valence-corrected chi connectivity index (χ3v) is 5.78. The second-order valence-corrected chi connectivity index (χ2v) is 8.16. The van der Waals surface area contributed by atoms with E-state index in [9.17, 15) is 9.59 Å². The van der Waals surface area contributed by atoms with Crippen molar-refractivity contribution in [2.45, 2.75) is 20.8 Å². The normalized spacial score (nSPS) is 14.8. The van der Waals surface area contributed by atoms with Crippen molar-refractivity contribution in [3.63, 3.8) is 0 Å². The largest absolute Gasteiger partial charge is 0.351 e. The van der Waals surface area contributed by atoms with E-state index in [0.29, 0.717) is 38.4 Å². The number of para-hydroxylation sites is 1. The van der Waals surface area contributed by atoms with Crippen LogP contribution in [0, 0.1) is 20.8 Å². The fraction of sp³-hybridized carbons (Fsp3) is 0.333. The van der Waals surface area contributed by atoms with E-state index in [2.05, 4.69) is 21.3 Å². The minimum Gasteiger partial charge on any atom is -0.351 e. The van der Waals surface area contributed by atoms with Crippen molar-refractivity contribution < 1.29 is 9.59 Å². The molecule has 3 aromatic rings. The van der Waals surface area contributed by atoms with E-state index in [4.69, 9.17) is 0 Å². The first-order chi connectivity index (χ1) is 14.4. The predicted molar refractivity (Wildman–Crippen MR) is 120 cm³/mol. The standard InChI is InChI=1S/C24H28N4O2/c1-16-7-8-20-19(13-16)14-21(25-20)24(30)28-11-9-27(10-12-28)15-22(29)26-23-17(2)5-4-6-18(23)3/h4-8,13-14,25H,9-12,15H2,1-3H3,(H,26,29). The molecule has 1 fully saturated rings. The number of amides is 2. The average molecular weight is 405 g/mol. The Labute approximate surface area is 176 Å². The van der Waals surface area contributed by atoms with Crippen molar-refractivity contribution in [2.75, 3.05) is 38.0 Å². The summed E-state index contributed by atoms with van der Waals surface area (Å²) in [5.41, 5.74) is 5.79. The minimum absolute atomic E-state index is 0.0156. The Balaban J connectivity index is 1.33. The molecule has 0 unspecified atom stereocenters. The molecule has 1 aliphatic heterocycles. The number of nitrogens with zero attached hydrogens (tertiary/aromatic N) is 2. The van der Waals surface area contributed by atoms with Crippen molar-refractivity contribution in [1.82, 2.24) is 14.8 Å². The van der Waals surface area contributed by atoms with Gasteiger partial charge in [0.15, 0.2) is 0 Å². The van der Waals surface area contributed by atoms with E-state index in [1.807, 2.05) is 62.1 Å². The lowest BCUT2D eigenvalue weighted by Crippen LogP contribution is -2.50. The molecular weight excluding hydrogens is 376 g/mol. The van der Waals surface area contributed by atoms with Crippen LogP contribution in [0.5, 0.6) is 0 Å². The van der Waals surface area contributed by atoms with Crippen LogP contribution in [0.3, 0.4) is 0 Å². The van der Waals surface area contributed by atoms with E-state index in [1.54, 1.807) is 0 Å². The Kier molecular flexibility index (Phi) is 5.59. The minimum atomic E-state index is -0.0156. The summed E-state index contributed by atoms with van der Waals surface area (Å²) < 4.78 is 0. The Bertz CT molecular complexity index is 1070. The molecular formula is C24H28N4O2. The molecule has 2 amide bonds. The summed E-state index contributed by atoms with van der Waals surface area (Å²) in [5, 5.41) is 4.09. The maximum atomic E-state index is 12.9. The summed E-state index contributed by atoms with van der Waals surface area (Å²) in [6.07, 6.45) is 0. The van der Waals surface area contributed by atoms with Crippen molar-refractivity contribution >= 4 is 28.4 Å².